The molecule has 4 nitrogen and oxygen atoms in total. The summed E-state index contributed by atoms with van der Waals surface area (Å²) in [5, 5.41) is 4.25. The Labute approximate surface area is 182 Å². The van der Waals surface area contributed by atoms with Gasteiger partial charge in [0.1, 0.15) is 11.6 Å². The van der Waals surface area contributed by atoms with Crippen LogP contribution in [0.1, 0.15) is 5.56 Å². The first-order valence-corrected chi connectivity index (χ1v) is 10.7. The van der Waals surface area contributed by atoms with Gasteiger partial charge in [-0.25, -0.2) is 14.4 Å². The third kappa shape index (κ3) is 4.03. The summed E-state index contributed by atoms with van der Waals surface area (Å²) in [5.74, 6) is 1.08. The molecule has 0 fully saturated rings. The van der Waals surface area contributed by atoms with Gasteiger partial charge in [0.05, 0.1) is 5.52 Å². The molecule has 2 aromatic heterocycles. The Balaban J connectivity index is 1.86. The van der Waals surface area contributed by atoms with E-state index in [2.05, 4.69) is 60.5 Å². The van der Waals surface area contributed by atoms with Crippen molar-refractivity contribution < 1.29 is 4.39 Å². The Bertz CT molecular complexity index is 1120. The molecule has 134 valence electrons. The van der Waals surface area contributed by atoms with E-state index in [1.807, 2.05) is 36.4 Å². The van der Waals surface area contributed by atoms with E-state index in [4.69, 9.17) is 4.98 Å². The van der Waals surface area contributed by atoms with E-state index in [1.165, 1.54) is 6.07 Å². The third-order valence-electron chi connectivity index (χ3n) is 4.03. The van der Waals surface area contributed by atoms with Gasteiger partial charge in [-0.1, -0.05) is 22.6 Å². The van der Waals surface area contributed by atoms with Crippen LogP contribution in [0.3, 0.4) is 0 Å². The Morgan fingerprint density at radius 3 is 2.70 bits per heavy atom. The molecule has 4 aromatic rings. The second kappa shape index (κ2) is 8.01. The van der Waals surface area contributed by atoms with Gasteiger partial charge in [0, 0.05) is 37.0 Å². The second-order valence-corrected chi connectivity index (χ2v) is 7.87. The number of rotatable bonds is 4. The zero-order valence-corrected chi connectivity index (χ0v) is 18.3. The first-order valence-electron chi connectivity index (χ1n) is 8.13. The van der Waals surface area contributed by atoms with Crippen LogP contribution >= 0.6 is 45.2 Å². The summed E-state index contributed by atoms with van der Waals surface area (Å²) in [6.45, 7) is 0. The number of aromatic nitrogens is 3. The van der Waals surface area contributed by atoms with Crippen LogP contribution in [0.4, 0.5) is 15.9 Å². The van der Waals surface area contributed by atoms with Gasteiger partial charge >= 0.3 is 0 Å². The Morgan fingerprint density at radius 1 is 1.04 bits per heavy atom. The van der Waals surface area contributed by atoms with Crippen molar-refractivity contribution in [3.05, 3.63) is 75.9 Å². The molecular formula is C20H13FI2N4. The van der Waals surface area contributed by atoms with Crippen molar-refractivity contribution in [1.82, 2.24) is 15.0 Å². The molecule has 27 heavy (non-hydrogen) atoms. The molecule has 0 bridgehead atoms. The first-order chi connectivity index (χ1) is 13.1. The van der Waals surface area contributed by atoms with Crippen LogP contribution in [0.15, 0.2) is 60.9 Å². The summed E-state index contributed by atoms with van der Waals surface area (Å²) in [6, 6.07) is 14.8. The van der Waals surface area contributed by atoms with Crippen molar-refractivity contribution in [2.24, 2.45) is 0 Å². The number of fused-ring (bicyclic) bond motifs is 1. The minimum Gasteiger partial charge on any atom is -0.340 e. The average molecular weight is 582 g/mol. The maximum absolute atomic E-state index is 13.8. The lowest BCUT2D eigenvalue weighted by Crippen LogP contribution is -2.00. The SMILES string of the molecule is Fc1ccc(Nc2nc(-c3cccnc3)nc3ccc(I)cc23)cc1CI. The van der Waals surface area contributed by atoms with Gasteiger partial charge in [-0.15, -0.1) is 0 Å². The molecule has 0 amide bonds. The second-order valence-electron chi connectivity index (χ2n) is 5.86. The van der Waals surface area contributed by atoms with Gasteiger partial charge in [0.2, 0.25) is 0 Å². The van der Waals surface area contributed by atoms with E-state index in [-0.39, 0.29) is 5.82 Å². The smallest absolute Gasteiger partial charge is 0.163 e. The molecule has 2 heterocycles. The molecule has 0 aliphatic carbocycles. The molecule has 0 spiro atoms. The first kappa shape index (κ1) is 18.5. The van der Waals surface area contributed by atoms with Crippen molar-refractivity contribution >= 4 is 67.6 Å². The van der Waals surface area contributed by atoms with Crippen molar-refractivity contribution in [3.8, 4) is 11.4 Å². The van der Waals surface area contributed by atoms with Crippen molar-refractivity contribution in [2.45, 2.75) is 4.43 Å². The number of nitrogens with zero attached hydrogens (tertiary/aromatic N) is 3. The average Bonchev–Trinajstić information content (AvgIpc) is 2.70. The highest BCUT2D eigenvalue weighted by atomic mass is 127. The number of pyridine rings is 1. The van der Waals surface area contributed by atoms with E-state index in [9.17, 15) is 4.39 Å². The van der Waals surface area contributed by atoms with Gasteiger partial charge in [-0.05, 0) is 76.7 Å². The molecule has 0 radical (unpaired) electrons. The summed E-state index contributed by atoms with van der Waals surface area (Å²) in [5.41, 5.74) is 3.12. The normalized spacial score (nSPS) is 10.9. The molecular weight excluding hydrogens is 569 g/mol. The minimum atomic E-state index is -0.201. The van der Waals surface area contributed by atoms with Crippen LogP contribution in [0.2, 0.25) is 0 Å². The van der Waals surface area contributed by atoms with Gasteiger partial charge in [-0.2, -0.15) is 0 Å². The summed E-state index contributed by atoms with van der Waals surface area (Å²) in [6.07, 6.45) is 3.46. The predicted octanol–water partition coefficient (Wildman–Crippen LogP) is 6.11. The van der Waals surface area contributed by atoms with Crippen LogP contribution < -0.4 is 5.32 Å². The fourth-order valence-corrected chi connectivity index (χ4v) is 3.79. The van der Waals surface area contributed by atoms with Crippen molar-refractivity contribution in [1.29, 1.82) is 0 Å². The number of hydrogen-bond acceptors (Lipinski definition) is 4. The van der Waals surface area contributed by atoms with Crippen molar-refractivity contribution in [2.75, 3.05) is 5.32 Å². The fourth-order valence-electron chi connectivity index (χ4n) is 2.71. The van der Waals surface area contributed by atoms with Crippen LogP contribution in [-0.4, -0.2) is 15.0 Å². The van der Waals surface area contributed by atoms with Gasteiger partial charge < -0.3 is 5.32 Å². The summed E-state index contributed by atoms with van der Waals surface area (Å²) < 4.78 is 15.5. The highest BCUT2D eigenvalue weighted by Crippen LogP contribution is 2.29. The predicted molar refractivity (Wildman–Crippen MR) is 123 cm³/mol. The molecule has 7 heteroatoms. The fraction of sp³-hybridized carbons (Fsp3) is 0.0500. The molecule has 2 aromatic carbocycles. The Morgan fingerprint density at radius 2 is 1.93 bits per heavy atom. The Hall–Kier alpha value is -1.88. The highest BCUT2D eigenvalue weighted by Gasteiger charge is 2.11. The van der Waals surface area contributed by atoms with Crippen LogP contribution in [0, 0.1) is 9.39 Å². The van der Waals surface area contributed by atoms with E-state index < -0.39 is 0 Å². The van der Waals surface area contributed by atoms with Crippen LogP contribution in [0.25, 0.3) is 22.3 Å². The number of alkyl halides is 1. The van der Waals surface area contributed by atoms with Gasteiger partial charge in [0.15, 0.2) is 5.82 Å². The molecule has 0 atom stereocenters. The zero-order chi connectivity index (χ0) is 18.8. The number of nitrogens with one attached hydrogen (secondary N) is 1. The molecule has 4 rings (SSSR count). The zero-order valence-electron chi connectivity index (χ0n) is 14.0. The summed E-state index contributed by atoms with van der Waals surface area (Å²) in [4.78, 5) is 13.6. The number of hydrogen-bond donors (Lipinski definition) is 1. The largest absolute Gasteiger partial charge is 0.340 e. The minimum absolute atomic E-state index is 0.201. The summed E-state index contributed by atoms with van der Waals surface area (Å²) >= 11 is 4.42. The van der Waals surface area contributed by atoms with Gasteiger partial charge in [0.25, 0.3) is 0 Å². The third-order valence-corrected chi connectivity index (χ3v) is 5.52. The van der Waals surface area contributed by atoms with Crippen LogP contribution in [0.5, 0.6) is 0 Å². The molecule has 0 aliphatic rings. The molecule has 0 saturated carbocycles. The topological polar surface area (TPSA) is 50.7 Å². The Kier molecular flexibility index (Phi) is 5.48. The lowest BCUT2D eigenvalue weighted by Gasteiger charge is -2.12. The number of halogens is 3. The van der Waals surface area contributed by atoms with Gasteiger partial charge in [-0.3, -0.25) is 4.98 Å². The quantitative estimate of drug-likeness (QED) is 0.233. The van der Waals surface area contributed by atoms with E-state index in [0.29, 0.717) is 21.6 Å². The number of anilines is 2. The maximum Gasteiger partial charge on any atom is 0.163 e. The highest BCUT2D eigenvalue weighted by molar-refractivity contribution is 14.1. The standard InChI is InChI=1S/C20H13FI2N4/c21-17-5-4-15(8-13(17)10-22)25-20-16-9-14(23)3-6-18(16)26-19(27-20)12-2-1-7-24-11-12/h1-9,11H,10H2,(H,25,26,27). The number of benzene rings is 2. The lowest BCUT2D eigenvalue weighted by atomic mass is 10.2. The molecule has 0 saturated heterocycles. The van der Waals surface area contributed by atoms with E-state index in [1.54, 1.807) is 18.5 Å². The monoisotopic (exact) mass is 582 g/mol. The molecule has 0 aliphatic heterocycles. The summed E-state index contributed by atoms with van der Waals surface area (Å²) in [7, 11) is 0. The van der Waals surface area contributed by atoms with E-state index in [0.717, 1.165) is 25.7 Å². The molecule has 1 N–H and O–H groups in total. The van der Waals surface area contributed by atoms with Crippen molar-refractivity contribution in [3.63, 3.8) is 0 Å². The van der Waals surface area contributed by atoms with Crippen LogP contribution in [-0.2, 0) is 4.43 Å². The maximum atomic E-state index is 13.8. The van der Waals surface area contributed by atoms with E-state index >= 15 is 0 Å². The lowest BCUT2D eigenvalue weighted by molar-refractivity contribution is 0.618. The molecule has 0 unspecified atom stereocenters.